The molecule has 64 valence electrons. The Kier molecular flexibility index (Phi) is 2.63. The highest BCUT2D eigenvalue weighted by atomic mass is 19.1. The van der Waals surface area contributed by atoms with Crippen molar-refractivity contribution in [2.45, 2.75) is 0 Å². The van der Waals surface area contributed by atoms with Gasteiger partial charge in [-0.3, -0.25) is 0 Å². The molecule has 0 spiro atoms. The summed E-state index contributed by atoms with van der Waals surface area (Å²) in [5, 5.41) is 10.9. The lowest BCUT2D eigenvalue weighted by Crippen LogP contribution is -1.94. The van der Waals surface area contributed by atoms with E-state index in [2.05, 4.69) is 5.16 Å². The summed E-state index contributed by atoms with van der Waals surface area (Å²) in [6.07, 6.45) is 0.994. The quantitative estimate of drug-likeness (QED) is 0.415. The average molecular weight is 169 g/mol. The maximum absolute atomic E-state index is 12.9. The summed E-state index contributed by atoms with van der Waals surface area (Å²) in [6.45, 7) is 0. The van der Waals surface area contributed by atoms with E-state index in [0.29, 0.717) is 5.75 Å². The van der Waals surface area contributed by atoms with Gasteiger partial charge in [-0.15, -0.1) is 0 Å². The molecule has 1 aromatic carbocycles. The molecule has 1 aromatic rings. The molecule has 12 heavy (non-hydrogen) atoms. The molecule has 0 bridgehead atoms. The van der Waals surface area contributed by atoms with Crippen LogP contribution in [0.2, 0.25) is 0 Å². The van der Waals surface area contributed by atoms with Gasteiger partial charge in [-0.2, -0.15) is 0 Å². The fourth-order valence-corrected chi connectivity index (χ4v) is 0.878. The van der Waals surface area contributed by atoms with Gasteiger partial charge in [0.05, 0.1) is 18.9 Å². The zero-order chi connectivity index (χ0) is 8.97. The van der Waals surface area contributed by atoms with E-state index >= 15 is 0 Å². The highest BCUT2D eigenvalue weighted by molar-refractivity contribution is 5.83. The topological polar surface area (TPSA) is 41.8 Å². The molecule has 3 nitrogen and oxygen atoms in total. The number of hydrogen-bond acceptors (Lipinski definition) is 3. The zero-order valence-electron chi connectivity index (χ0n) is 6.49. The lowest BCUT2D eigenvalue weighted by molar-refractivity contribution is 0.321. The number of rotatable bonds is 2. The van der Waals surface area contributed by atoms with Crippen LogP contribution in [0.3, 0.4) is 0 Å². The molecule has 0 atom stereocenters. The van der Waals surface area contributed by atoms with Crippen molar-refractivity contribution < 1.29 is 14.3 Å². The Morgan fingerprint density at radius 1 is 1.58 bits per heavy atom. The van der Waals surface area contributed by atoms with E-state index in [1.54, 1.807) is 6.07 Å². The summed E-state index contributed by atoms with van der Waals surface area (Å²) < 4.78 is 17.8. The fourth-order valence-electron chi connectivity index (χ4n) is 0.878. The summed E-state index contributed by atoms with van der Waals surface area (Å²) in [5.41, 5.74) is 0.141. The number of nitrogens with zero attached hydrogens (tertiary/aromatic N) is 1. The molecule has 0 aromatic heterocycles. The van der Waals surface area contributed by atoms with Crippen LogP contribution in [0, 0.1) is 5.82 Å². The van der Waals surface area contributed by atoms with Crippen LogP contribution in [0.5, 0.6) is 5.75 Å². The molecule has 0 aliphatic rings. The van der Waals surface area contributed by atoms with Crippen molar-refractivity contribution in [2.24, 2.45) is 5.16 Å². The van der Waals surface area contributed by atoms with Gasteiger partial charge in [0.15, 0.2) is 0 Å². The zero-order valence-corrected chi connectivity index (χ0v) is 6.49. The lowest BCUT2D eigenvalue weighted by atomic mass is 10.2. The van der Waals surface area contributed by atoms with Gasteiger partial charge >= 0.3 is 0 Å². The molecule has 0 saturated heterocycles. The van der Waals surface area contributed by atoms with Crippen LogP contribution in [-0.4, -0.2) is 18.5 Å². The van der Waals surface area contributed by atoms with Gasteiger partial charge in [0.1, 0.15) is 11.6 Å². The summed E-state index contributed by atoms with van der Waals surface area (Å²) in [7, 11) is 1.42. The number of methoxy groups -OCH3 is 1. The van der Waals surface area contributed by atoms with E-state index in [1.165, 1.54) is 19.2 Å². The van der Waals surface area contributed by atoms with Crippen molar-refractivity contribution >= 4 is 6.21 Å². The second-order valence-electron chi connectivity index (χ2n) is 2.10. The Morgan fingerprint density at radius 2 is 2.33 bits per heavy atom. The molecule has 1 rings (SSSR count). The van der Waals surface area contributed by atoms with Gasteiger partial charge in [-0.1, -0.05) is 11.2 Å². The smallest absolute Gasteiger partial charge is 0.135 e. The van der Waals surface area contributed by atoms with Gasteiger partial charge < -0.3 is 9.94 Å². The van der Waals surface area contributed by atoms with Crippen LogP contribution in [-0.2, 0) is 0 Å². The molecule has 0 aliphatic heterocycles. The third-order valence-electron chi connectivity index (χ3n) is 1.42. The van der Waals surface area contributed by atoms with E-state index in [0.717, 1.165) is 6.21 Å². The van der Waals surface area contributed by atoms with Crippen LogP contribution in [0.15, 0.2) is 23.4 Å². The van der Waals surface area contributed by atoms with Crippen LogP contribution in [0.1, 0.15) is 5.56 Å². The first-order valence-electron chi connectivity index (χ1n) is 3.29. The normalized spacial score (nSPS) is 10.5. The van der Waals surface area contributed by atoms with E-state index < -0.39 is 5.82 Å². The van der Waals surface area contributed by atoms with E-state index in [4.69, 9.17) is 9.94 Å². The molecule has 1 N–H and O–H groups in total. The Labute approximate surface area is 69.1 Å². The number of benzene rings is 1. The molecule has 0 aliphatic carbocycles. The van der Waals surface area contributed by atoms with Crippen LogP contribution in [0.25, 0.3) is 0 Å². The van der Waals surface area contributed by atoms with Gasteiger partial charge in [-0.05, 0) is 12.1 Å². The molecule has 0 saturated carbocycles. The maximum Gasteiger partial charge on any atom is 0.135 e. The van der Waals surface area contributed by atoms with Gasteiger partial charge in [0.2, 0.25) is 0 Å². The second-order valence-corrected chi connectivity index (χ2v) is 2.10. The SMILES string of the molecule is COc1cccc(F)c1/C=N/O. The molecule has 0 unspecified atom stereocenters. The molecular weight excluding hydrogens is 161 g/mol. The number of hydrogen-bond donors (Lipinski definition) is 1. The largest absolute Gasteiger partial charge is 0.496 e. The van der Waals surface area contributed by atoms with Gasteiger partial charge in [0.25, 0.3) is 0 Å². The number of ether oxygens (including phenoxy) is 1. The Balaban J connectivity index is 3.19. The van der Waals surface area contributed by atoms with E-state index in [9.17, 15) is 4.39 Å². The first kappa shape index (κ1) is 8.52. The summed E-state index contributed by atoms with van der Waals surface area (Å²) in [4.78, 5) is 0. The highest BCUT2D eigenvalue weighted by Gasteiger charge is 2.05. The minimum Gasteiger partial charge on any atom is -0.496 e. The maximum atomic E-state index is 12.9. The van der Waals surface area contributed by atoms with Crippen molar-refractivity contribution in [1.82, 2.24) is 0 Å². The Hall–Kier alpha value is -1.58. The molecule has 0 fully saturated rings. The predicted molar refractivity (Wildman–Crippen MR) is 42.3 cm³/mol. The van der Waals surface area contributed by atoms with Crippen molar-refractivity contribution in [3.8, 4) is 5.75 Å². The van der Waals surface area contributed by atoms with Crippen LogP contribution >= 0.6 is 0 Å². The molecular formula is C8H8FNO2. The van der Waals surface area contributed by atoms with Crippen molar-refractivity contribution in [2.75, 3.05) is 7.11 Å². The van der Waals surface area contributed by atoms with E-state index in [-0.39, 0.29) is 5.56 Å². The predicted octanol–water partition coefficient (Wildman–Crippen LogP) is 1.64. The summed E-state index contributed by atoms with van der Waals surface area (Å²) in [5.74, 6) is -0.139. The van der Waals surface area contributed by atoms with Crippen LogP contribution < -0.4 is 4.74 Å². The van der Waals surface area contributed by atoms with Crippen molar-refractivity contribution in [1.29, 1.82) is 0 Å². The second kappa shape index (κ2) is 3.71. The number of oxime groups is 1. The van der Waals surface area contributed by atoms with Gasteiger partial charge in [-0.25, -0.2) is 4.39 Å². The Bertz CT molecular complexity index is 299. The summed E-state index contributed by atoms with van der Waals surface area (Å²) >= 11 is 0. The van der Waals surface area contributed by atoms with Crippen molar-refractivity contribution in [3.05, 3.63) is 29.6 Å². The first-order chi connectivity index (χ1) is 5.79. The fraction of sp³-hybridized carbons (Fsp3) is 0.125. The molecule has 0 radical (unpaired) electrons. The lowest BCUT2D eigenvalue weighted by Gasteiger charge is -2.03. The minimum atomic E-state index is -0.479. The monoisotopic (exact) mass is 169 g/mol. The Morgan fingerprint density at radius 3 is 2.92 bits per heavy atom. The number of halogens is 1. The first-order valence-corrected chi connectivity index (χ1v) is 3.29. The third-order valence-corrected chi connectivity index (χ3v) is 1.42. The third kappa shape index (κ3) is 1.53. The average Bonchev–Trinajstić information content (AvgIpc) is 2.09. The summed E-state index contributed by atoms with van der Waals surface area (Å²) in [6, 6.07) is 4.36. The molecule has 4 heteroatoms. The minimum absolute atomic E-state index is 0.141. The highest BCUT2D eigenvalue weighted by Crippen LogP contribution is 2.18. The molecule has 0 heterocycles. The van der Waals surface area contributed by atoms with Crippen LogP contribution in [0.4, 0.5) is 4.39 Å². The van der Waals surface area contributed by atoms with Crippen molar-refractivity contribution in [3.63, 3.8) is 0 Å². The van der Waals surface area contributed by atoms with E-state index in [1.807, 2.05) is 0 Å². The van der Waals surface area contributed by atoms with Gasteiger partial charge in [0, 0.05) is 0 Å². The standard InChI is InChI=1S/C8H8FNO2/c1-12-8-4-2-3-7(9)6(8)5-10-11/h2-5,11H,1H3/b10-5+. The molecule has 0 amide bonds.